The SMILES string of the molecule is Cc1nn(C)c2c1nc(CCl)n2-c1c(F)cc(F)cc1Cl. The molecule has 110 valence electrons. The van der Waals surface area contributed by atoms with E-state index in [4.69, 9.17) is 23.2 Å². The van der Waals surface area contributed by atoms with Gasteiger partial charge in [0.1, 0.15) is 22.8 Å². The summed E-state index contributed by atoms with van der Waals surface area (Å²) in [6.45, 7) is 1.79. The summed E-state index contributed by atoms with van der Waals surface area (Å²) in [5.41, 5.74) is 1.86. The molecule has 0 fully saturated rings. The van der Waals surface area contributed by atoms with Gasteiger partial charge in [-0.15, -0.1) is 11.6 Å². The number of fused-ring (bicyclic) bond motifs is 1. The van der Waals surface area contributed by atoms with Gasteiger partial charge < -0.3 is 0 Å². The fourth-order valence-corrected chi connectivity index (χ4v) is 2.85. The van der Waals surface area contributed by atoms with E-state index in [9.17, 15) is 8.78 Å². The van der Waals surface area contributed by atoms with Crippen molar-refractivity contribution >= 4 is 34.4 Å². The normalized spacial score (nSPS) is 11.5. The molecule has 0 radical (unpaired) electrons. The molecule has 0 amide bonds. The summed E-state index contributed by atoms with van der Waals surface area (Å²) in [5.74, 6) is -1.06. The molecule has 2 aromatic heterocycles. The first kappa shape index (κ1) is 14.3. The first-order chi connectivity index (χ1) is 9.93. The van der Waals surface area contributed by atoms with Gasteiger partial charge in [-0.1, -0.05) is 11.6 Å². The van der Waals surface area contributed by atoms with Crippen LogP contribution in [0, 0.1) is 18.6 Å². The monoisotopic (exact) mass is 330 g/mol. The van der Waals surface area contributed by atoms with Crippen molar-refractivity contribution in [2.24, 2.45) is 7.05 Å². The number of imidazole rings is 1. The van der Waals surface area contributed by atoms with Crippen molar-refractivity contribution in [1.82, 2.24) is 19.3 Å². The summed E-state index contributed by atoms with van der Waals surface area (Å²) in [7, 11) is 1.71. The zero-order chi connectivity index (χ0) is 15.3. The van der Waals surface area contributed by atoms with Crippen molar-refractivity contribution < 1.29 is 8.78 Å². The van der Waals surface area contributed by atoms with Crippen molar-refractivity contribution in [2.75, 3.05) is 0 Å². The third kappa shape index (κ3) is 2.10. The van der Waals surface area contributed by atoms with Crippen LogP contribution in [0.2, 0.25) is 5.02 Å². The lowest BCUT2D eigenvalue weighted by Gasteiger charge is -2.11. The summed E-state index contributed by atoms with van der Waals surface area (Å²) in [5, 5.41) is 4.18. The summed E-state index contributed by atoms with van der Waals surface area (Å²) in [6.07, 6.45) is 0. The van der Waals surface area contributed by atoms with Gasteiger partial charge in [0.15, 0.2) is 11.5 Å². The fourth-order valence-electron chi connectivity index (χ4n) is 2.39. The summed E-state index contributed by atoms with van der Waals surface area (Å²) in [6, 6.07) is 1.82. The van der Waals surface area contributed by atoms with Crippen LogP contribution < -0.4 is 0 Å². The number of aryl methyl sites for hydroxylation is 2. The van der Waals surface area contributed by atoms with Gasteiger partial charge in [-0.3, -0.25) is 4.57 Å². The Morgan fingerprint density at radius 2 is 2.00 bits per heavy atom. The lowest BCUT2D eigenvalue weighted by atomic mass is 10.3. The number of rotatable bonds is 2. The van der Waals surface area contributed by atoms with E-state index in [2.05, 4.69) is 10.1 Å². The van der Waals surface area contributed by atoms with E-state index in [0.29, 0.717) is 22.7 Å². The van der Waals surface area contributed by atoms with Gasteiger partial charge >= 0.3 is 0 Å². The van der Waals surface area contributed by atoms with Crippen LogP contribution in [-0.4, -0.2) is 19.3 Å². The molecule has 0 unspecified atom stereocenters. The Balaban J connectivity index is 2.44. The maximum absolute atomic E-state index is 14.2. The molecule has 0 bridgehead atoms. The quantitative estimate of drug-likeness (QED) is 0.671. The molecular weight excluding hydrogens is 321 g/mol. The minimum Gasteiger partial charge on any atom is -0.275 e. The Kier molecular flexibility index (Phi) is 3.37. The molecule has 0 aliphatic carbocycles. The van der Waals surface area contributed by atoms with Gasteiger partial charge in [-0.05, 0) is 13.0 Å². The van der Waals surface area contributed by atoms with Crippen molar-refractivity contribution in [3.05, 3.63) is 40.3 Å². The van der Waals surface area contributed by atoms with Crippen molar-refractivity contribution in [1.29, 1.82) is 0 Å². The molecule has 0 aliphatic heterocycles. The third-order valence-electron chi connectivity index (χ3n) is 3.20. The summed E-state index contributed by atoms with van der Waals surface area (Å²) >= 11 is 11.9. The van der Waals surface area contributed by atoms with Crippen LogP contribution in [0.3, 0.4) is 0 Å². The average Bonchev–Trinajstić information content (AvgIpc) is 2.88. The molecule has 21 heavy (non-hydrogen) atoms. The van der Waals surface area contributed by atoms with Crippen LogP contribution in [0.1, 0.15) is 11.5 Å². The maximum atomic E-state index is 14.2. The minimum atomic E-state index is -0.787. The van der Waals surface area contributed by atoms with Gasteiger partial charge in [-0.25, -0.2) is 18.4 Å². The number of nitrogens with zero attached hydrogens (tertiary/aromatic N) is 4. The van der Waals surface area contributed by atoms with Gasteiger partial charge in [-0.2, -0.15) is 5.10 Å². The van der Waals surface area contributed by atoms with Crippen molar-refractivity contribution in [3.8, 4) is 5.69 Å². The highest BCUT2D eigenvalue weighted by Gasteiger charge is 2.22. The largest absolute Gasteiger partial charge is 0.275 e. The van der Waals surface area contributed by atoms with Crippen molar-refractivity contribution in [2.45, 2.75) is 12.8 Å². The Bertz CT molecular complexity index is 831. The van der Waals surface area contributed by atoms with Crippen LogP contribution in [0.25, 0.3) is 16.9 Å². The zero-order valence-electron chi connectivity index (χ0n) is 11.2. The molecule has 0 saturated heterocycles. The topological polar surface area (TPSA) is 35.6 Å². The predicted molar refractivity (Wildman–Crippen MR) is 77.1 cm³/mol. The molecule has 2 heterocycles. The van der Waals surface area contributed by atoms with E-state index in [-0.39, 0.29) is 16.6 Å². The molecule has 3 aromatic rings. The molecule has 0 saturated carbocycles. The highest BCUT2D eigenvalue weighted by molar-refractivity contribution is 6.32. The van der Waals surface area contributed by atoms with Gasteiger partial charge in [0.25, 0.3) is 0 Å². The second kappa shape index (κ2) is 4.96. The van der Waals surface area contributed by atoms with E-state index in [1.165, 1.54) is 4.57 Å². The zero-order valence-corrected chi connectivity index (χ0v) is 12.7. The third-order valence-corrected chi connectivity index (χ3v) is 3.72. The lowest BCUT2D eigenvalue weighted by Crippen LogP contribution is -2.07. The molecule has 0 N–H and O–H groups in total. The van der Waals surface area contributed by atoms with Gasteiger partial charge in [0.05, 0.1) is 16.6 Å². The molecule has 0 atom stereocenters. The standard InChI is InChI=1S/C13H10Cl2F2N4/c1-6-11-13(20(2)19-6)21(10(5-14)18-11)12-8(15)3-7(16)4-9(12)17/h3-4H,5H2,1-2H3. The highest BCUT2D eigenvalue weighted by Crippen LogP contribution is 2.31. The van der Waals surface area contributed by atoms with Crippen LogP contribution in [0.4, 0.5) is 8.78 Å². The number of hydrogen-bond acceptors (Lipinski definition) is 2. The number of benzene rings is 1. The molecule has 8 heteroatoms. The van der Waals surface area contributed by atoms with Crippen LogP contribution in [0.15, 0.2) is 12.1 Å². The summed E-state index contributed by atoms with van der Waals surface area (Å²) in [4.78, 5) is 4.36. The first-order valence-corrected chi connectivity index (χ1v) is 6.97. The predicted octanol–water partition coefficient (Wildman–Crippen LogP) is 3.74. The van der Waals surface area contributed by atoms with E-state index in [1.807, 2.05) is 0 Å². The van der Waals surface area contributed by atoms with Crippen LogP contribution in [0.5, 0.6) is 0 Å². The minimum absolute atomic E-state index is 0.0132. The Morgan fingerprint density at radius 1 is 1.29 bits per heavy atom. The van der Waals surface area contributed by atoms with E-state index in [1.54, 1.807) is 18.7 Å². The van der Waals surface area contributed by atoms with Crippen LogP contribution >= 0.6 is 23.2 Å². The van der Waals surface area contributed by atoms with E-state index in [0.717, 1.165) is 12.1 Å². The molecule has 0 aliphatic rings. The smallest absolute Gasteiger partial charge is 0.163 e. The van der Waals surface area contributed by atoms with Crippen LogP contribution in [-0.2, 0) is 12.9 Å². The maximum Gasteiger partial charge on any atom is 0.163 e. The Hall–Kier alpha value is -1.66. The Labute approximate surface area is 128 Å². The molecule has 3 rings (SSSR count). The second-order valence-corrected chi connectivity index (χ2v) is 5.27. The molecule has 4 nitrogen and oxygen atoms in total. The van der Waals surface area contributed by atoms with Crippen molar-refractivity contribution in [3.63, 3.8) is 0 Å². The number of halogens is 4. The number of alkyl halides is 1. The molecule has 0 spiro atoms. The molecule has 1 aromatic carbocycles. The van der Waals surface area contributed by atoms with E-state index >= 15 is 0 Å². The number of hydrogen-bond donors (Lipinski definition) is 0. The van der Waals surface area contributed by atoms with Gasteiger partial charge in [0, 0.05) is 13.1 Å². The Morgan fingerprint density at radius 3 is 2.62 bits per heavy atom. The second-order valence-electron chi connectivity index (χ2n) is 4.60. The fraction of sp³-hybridized carbons (Fsp3) is 0.231. The highest BCUT2D eigenvalue weighted by atomic mass is 35.5. The lowest BCUT2D eigenvalue weighted by molar-refractivity contribution is 0.576. The van der Waals surface area contributed by atoms with E-state index < -0.39 is 11.6 Å². The molecular formula is C13H10Cl2F2N4. The van der Waals surface area contributed by atoms with Gasteiger partial charge in [0.2, 0.25) is 0 Å². The summed E-state index contributed by atoms with van der Waals surface area (Å²) < 4.78 is 30.5. The first-order valence-electron chi connectivity index (χ1n) is 6.05. The number of aromatic nitrogens is 4. The average molecular weight is 331 g/mol.